The van der Waals surface area contributed by atoms with E-state index in [1.807, 2.05) is 13.0 Å². The molecule has 114 valence electrons. The second-order valence-electron chi connectivity index (χ2n) is 6.24. The highest BCUT2D eigenvalue weighted by Crippen LogP contribution is 2.20. The van der Waals surface area contributed by atoms with Gasteiger partial charge in [0.05, 0.1) is 18.3 Å². The molecule has 0 spiro atoms. The van der Waals surface area contributed by atoms with Gasteiger partial charge in [-0.1, -0.05) is 27.7 Å². The highest BCUT2D eigenvalue weighted by Gasteiger charge is 2.20. The molecule has 1 atom stereocenters. The van der Waals surface area contributed by atoms with Crippen LogP contribution >= 0.6 is 0 Å². The Hall–Kier alpha value is -1.56. The summed E-state index contributed by atoms with van der Waals surface area (Å²) in [5.74, 6) is 0.645. The first-order chi connectivity index (χ1) is 9.25. The second-order valence-corrected chi connectivity index (χ2v) is 6.24. The van der Waals surface area contributed by atoms with Crippen LogP contribution < -0.4 is 10.6 Å². The van der Waals surface area contributed by atoms with Crippen molar-refractivity contribution < 1.29 is 9.90 Å². The third-order valence-corrected chi connectivity index (χ3v) is 2.95. The molecule has 0 radical (unpaired) electrons. The smallest absolute Gasteiger partial charge is 0.320 e. The number of nitrogens with one attached hydrogen (secondary N) is 2. The van der Waals surface area contributed by atoms with Crippen molar-refractivity contribution in [3.8, 4) is 0 Å². The topological polar surface area (TPSA) is 79.2 Å². The molecule has 0 saturated heterocycles. The monoisotopic (exact) mass is 282 g/mol. The van der Waals surface area contributed by atoms with Crippen LogP contribution in [0.2, 0.25) is 0 Å². The van der Waals surface area contributed by atoms with Crippen molar-refractivity contribution in [2.24, 2.45) is 12.5 Å². The number of nitrogens with zero attached hydrogens (tertiary/aromatic N) is 2. The van der Waals surface area contributed by atoms with E-state index in [0.29, 0.717) is 12.2 Å². The summed E-state index contributed by atoms with van der Waals surface area (Å²) in [6, 6.07) is 1.27. The summed E-state index contributed by atoms with van der Waals surface area (Å²) in [7, 11) is 1.79. The molecule has 0 saturated carbocycles. The van der Waals surface area contributed by atoms with Crippen molar-refractivity contribution in [2.45, 2.75) is 46.6 Å². The van der Waals surface area contributed by atoms with Crippen molar-refractivity contribution in [2.75, 3.05) is 11.9 Å². The number of aliphatic hydroxyl groups excluding tert-OH is 1. The predicted octanol–water partition coefficient (Wildman–Crippen LogP) is 1.90. The molecule has 6 nitrogen and oxygen atoms in total. The van der Waals surface area contributed by atoms with Crippen LogP contribution in [-0.4, -0.2) is 33.6 Å². The molecule has 0 aliphatic heterocycles. The molecule has 1 heterocycles. The molecular weight excluding hydrogens is 256 g/mol. The van der Waals surface area contributed by atoms with Crippen LogP contribution in [0, 0.1) is 5.41 Å². The van der Waals surface area contributed by atoms with Gasteiger partial charge in [0.25, 0.3) is 0 Å². The standard InChI is InChI=1S/C14H26N4O2/c1-6-10-7-12(18(5)17-10)16-13(20)15-11(9-19)8-14(2,3)4/h7,11,19H,6,8-9H2,1-5H3,(H2,15,16,20). The van der Waals surface area contributed by atoms with Crippen molar-refractivity contribution in [1.82, 2.24) is 15.1 Å². The summed E-state index contributed by atoms with van der Waals surface area (Å²) >= 11 is 0. The SMILES string of the molecule is CCc1cc(NC(=O)NC(CO)CC(C)(C)C)n(C)n1. The molecule has 20 heavy (non-hydrogen) atoms. The quantitative estimate of drug-likeness (QED) is 0.771. The van der Waals surface area contributed by atoms with Gasteiger partial charge >= 0.3 is 6.03 Å². The normalized spacial score (nSPS) is 13.1. The van der Waals surface area contributed by atoms with Gasteiger partial charge in [0.1, 0.15) is 5.82 Å². The minimum atomic E-state index is -0.320. The van der Waals surface area contributed by atoms with Gasteiger partial charge in [0.15, 0.2) is 0 Å². The van der Waals surface area contributed by atoms with E-state index in [1.54, 1.807) is 11.7 Å². The maximum absolute atomic E-state index is 11.9. The van der Waals surface area contributed by atoms with Gasteiger partial charge in [-0.05, 0) is 18.3 Å². The number of amides is 2. The fraction of sp³-hybridized carbons (Fsp3) is 0.714. The second kappa shape index (κ2) is 6.74. The number of carbonyl (C=O) groups is 1. The van der Waals surface area contributed by atoms with Gasteiger partial charge < -0.3 is 10.4 Å². The average Bonchev–Trinajstić information content (AvgIpc) is 2.67. The van der Waals surface area contributed by atoms with E-state index in [-0.39, 0.29) is 24.1 Å². The first kappa shape index (κ1) is 16.5. The predicted molar refractivity (Wildman–Crippen MR) is 79.7 cm³/mol. The van der Waals surface area contributed by atoms with Crippen molar-refractivity contribution in [3.63, 3.8) is 0 Å². The van der Waals surface area contributed by atoms with Crippen LogP contribution in [-0.2, 0) is 13.5 Å². The maximum atomic E-state index is 11.9. The van der Waals surface area contributed by atoms with Crippen molar-refractivity contribution in [1.29, 1.82) is 0 Å². The number of aromatic nitrogens is 2. The fourth-order valence-electron chi connectivity index (χ4n) is 2.05. The summed E-state index contributed by atoms with van der Waals surface area (Å²) in [5, 5.41) is 19.1. The molecule has 0 fully saturated rings. The molecule has 0 bridgehead atoms. The average molecular weight is 282 g/mol. The van der Waals surface area contributed by atoms with Gasteiger partial charge in [-0.15, -0.1) is 0 Å². The number of rotatable bonds is 5. The molecule has 6 heteroatoms. The first-order valence-electron chi connectivity index (χ1n) is 6.96. The van der Waals surface area contributed by atoms with Crippen LogP contribution in [0.15, 0.2) is 6.07 Å². The molecule has 1 aromatic heterocycles. The summed E-state index contributed by atoms with van der Waals surface area (Å²) < 4.78 is 1.64. The Morgan fingerprint density at radius 3 is 2.60 bits per heavy atom. The van der Waals surface area contributed by atoms with E-state index in [4.69, 9.17) is 0 Å². The van der Waals surface area contributed by atoms with E-state index in [0.717, 1.165) is 12.1 Å². The molecule has 0 aliphatic rings. The number of hydrogen-bond donors (Lipinski definition) is 3. The summed E-state index contributed by atoms with van der Waals surface area (Å²) in [5.41, 5.74) is 0.971. The Morgan fingerprint density at radius 2 is 2.15 bits per heavy atom. The van der Waals surface area contributed by atoms with Gasteiger partial charge in [0, 0.05) is 13.1 Å². The number of anilines is 1. The van der Waals surface area contributed by atoms with Crippen LogP contribution in [0.1, 0.15) is 39.8 Å². The molecule has 0 aliphatic carbocycles. The van der Waals surface area contributed by atoms with E-state index in [1.165, 1.54) is 0 Å². The van der Waals surface area contributed by atoms with Gasteiger partial charge in [-0.25, -0.2) is 4.79 Å². The lowest BCUT2D eigenvalue weighted by atomic mass is 9.88. The Morgan fingerprint density at radius 1 is 1.50 bits per heavy atom. The van der Waals surface area contributed by atoms with Crippen LogP contribution in [0.3, 0.4) is 0 Å². The number of aliphatic hydroxyl groups is 1. The van der Waals surface area contributed by atoms with Crippen LogP contribution in [0.5, 0.6) is 0 Å². The third-order valence-electron chi connectivity index (χ3n) is 2.95. The molecule has 1 rings (SSSR count). The minimum absolute atomic E-state index is 0.0442. The number of aryl methyl sites for hydroxylation is 2. The molecule has 1 aromatic rings. The summed E-state index contributed by atoms with van der Waals surface area (Å²) in [6.07, 6.45) is 1.53. The highest BCUT2D eigenvalue weighted by molar-refractivity contribution is 5.88. The zero-order valence-electron chi connectivity index (χ0n) is 13.0. The lowest BCUT2D eigenvalue weighted by molar-refractivity contribution is 0.196. The van der Waals surface area contributed by atoms with E-state index in [9.17, 15) is 9.90 Å². The zero-order chi connectivity index (χ0) is 15.3. The molecule has 2 amide bonds. The zero-order valence-corrected chi connectivity index (χ0v) is 13.0. The van der Waals surface area contributed by atoms with Crippen LogP contribution in [0.25, 0.3) is 0 Å². The Labute approximate surface area is 120 Å². The van der Waals surface area contributed by atoms with E-state index < -0.39 is 0 Å². The molecular formula is C14H26N4O2. The van der Waals surface area contributed by atoms with Crippen molar-refractivity contribution in [3.05, 3.63) is 11.8 Å². The Bertz CT molecular complexity index is 449. The lowest BCUT2D eigenvalue weighted by Gasteiger charge is -2.25. The Kier molecular flexibility index (Phi) is 5.56. The third kappa shape index (κ3) is 5.21. The lowest BCUT2D eigenvalue weighted by Crippen LogP contribution is -2.42. The summed E-state index contributed by atoms with van der Waals surface area (Å²) in [4.78, 5) is 11.9. The number of hydrogen-bond acceptors (Lipinski definition) is 3. The number of carbonyl (C=O) groups excluding carboxylic acids is 1. The fourth-order valence-corrected chi connectivity index (χ4v) is 2.05. The maximum Gasteiger partial charge on any atom is 0.320 e. The van der Waals surface area contributed by atoms with Crippen molar-refractivity contribution >= 4 is 11.8 Å². The highest BCUT2D eigenvalue weighted by atomic mass is 16.3. The minimum Gasteiger partial charge on any atom is -0.394 e. The number of urea groups is 1. The summed E-state index contributed by atoms with van der Waals surface area (Å²) in [6.45, 7) is 8.16. The van der Waals surface area contributed by atoms with Crippen LogP contribution in [0.4, 0.5) is 10.6 Å². The van der Waals surface area contributed by atoms with Gasteiger partial charge in [0.2, 0.25) is 0 Å². The first-order valence-corrected chi connectivity index (χ1v) is 6.96. The Balaban J connectivity index is 2.59. The van der Waals surface area contributed by atoms with Gasteiger partial charge in [-0.3, -0.25) is 10.00 Å². The van der Waals surface area contributed by atoms with Gasteiger partial charge in [-0.2, -0.15) is 5.10 Å². The largest absolute Gasteiger partial charge is 0.394 e. The molecule has 3 N–H and O–H groups in total. The molecule has 0 aromatic carbocycles. The van der Waals surface area contributed by atoms with E-state index >= 15 is 0 Å². The van der Waals surface area contributed by atoms with E-state index in [2.05, 4.69) is 36.5 Å². The molecule has 1 unspecified atom stereocenters.